The van der Waals surface area contributed by atoms with Crippen molar-refractivity contribution >= 4 is 39.1 Å². The maximum Gasteiger partial charge on any atom is 0.252 e. The number of pyridine rings is 1. The van der Waals surface area contributed by atoms with Crippen molar-refractivity contribution in [3.63, 3.8) is 0 Å². The molecule has 178 valence electrons. The van der Waals surface area contributed by atoms with Crippen molar-refractivity contribution in [1.29, 1.82) is 0 Å². The van der Waals surface area contributed by atoms with E-state index in [0.29, 0.717) is 5.02 Å². The molecule has 1 amide bonds. The number of amides is 1. The van der Waals surface area contributed by atoms with E-state index in [9.17, 15) is 17.6 Å². The van der Waals surface area contributed by atoms with Crippen LogP contribution in [0.5, 0.6) is 0 Å². The van der Waals surface area contributed by atoms with Gasteiger partial charge in [0.05, 0.1) is 21.2 Å². The van der Waals surface area contributed by atoms with Crippen LogP contribution in [0.4, 0.5) is 4.39 Å². The average molecular weight is 522 g/mol. The standard InChI is InChI=1S/C24H22Cl2FN3O3S/c25-17-8-9-19(20(26)15-17)23(31)29-16-24(22-21(27)7-4-12-28-22)10-13-30(14-11-24)34(32,33)18-5-2-1-3-6-18/h1-9,12,15H,10-11,13-14,16H2,(H,29,31). The van der Waals surface area contributed by atoms with Crippen molar-refractivity contribution < 1.29 is 17.6 Å². The fourth-order valence-corrected chi connectivity index (χ4v) is 6.14. The number of carbonyl (C=O) groups excluding carboxylic acids is 1. The van der Waals surface area contributed by atoms with Gasteiger partial charge < -0.3 is 5.32 Å². The molecule has 1 saturated heterocycles. The molecule has 10 heteroatoms. The molecule has 0 atom stereocenters. The van der Waals surface area contributed by atoms with E-state index in [2.05, 4.69) is 10.3 Å². The molecule has 4 rings (SSSR count). The summed E-state index contributed by atoms with van der Waals surface area (Å²) in [5, 5.41) is 3.44. The van der Waals surface area contributed by atoms with Crippen molar-refractivity contribution in [1.82, 2.24) is 14.6 Å². The van der Waals surface area contributed by atoms with E-state index in [1.54, 1.807) is 36.4 Å². The van der Waals surface area contributed by atoms with Gasteiger partial charge in [0, 0.05) is 36.3 Å². The van der Waals surface area contributed by atoms with Crippen LogP contribution >= 0.6 is 23.2 Å². The van der Waals surface area contributed by atoms with Gasteiger partial charge in [0.1, 0.15) is 5.82 Å². The number of hydrogen-bond donors (Lipinski definition) is 1. The number of sulfonamides is 1. The maximum atomic E-state index is 14.8. The molecule has 0 bridgehead atoms. The lowest BCUT2D eigenvalue weighted by molar-refractivity contribution is 0.0931. The minimum Gasteiger partial charge on any atom is -0.351 e. The Balaban J connectivity index is 1.58. The monoisotopic (exact) mass is 521 g/mol. The highest BCUT2D eigenvalue weighted by molar-refractivity contribution is 7.89. The lowest BCUT2D eigenvalue weighted by Gasteiger charge is -2.41. The number of rotatable bonds is 6. The highest BCUT2D eigenvalue weighted by Crippen LogP contribution is 2.37. The quantitative estimate of drug-likeness (QED) is 0.510. The Labute approximate surface area is 207 Å². The Kier molecular flexibility index (Phi) is 7.23. The summed E-state index contributed by atoms with van der Waals surface area (Å²) in [5.74, 6) is -0.933. The van der Waals surface area contributed by atoms with Crippen molar-refractivity contribution in [2.24, 2.45) is 0 Å². The fourth-order valence-electron chi connectivity index (χ4n) is 4.19. The van der Waals surface area contributed by atoms with Gasteiger partial charge in [-0.1, -0.05) is 41.4 Å². The average Bonchev–Trinajstić information content (AvgIpc) is 2.83. The maximum absolute atomic E-state index is 14.8. The highest BCUT2D eigenvalue weighted by Gasteiger charge is 2.42. The van der Waals surface area contributed by atoms with Crippen LogP contribution < -0.4 is 5.32 Å². The minimum absolute atomic E-state index is 0.0674. The summed E-state index contributed by atoms with van der Waals surface area (Å²) >= 11 is 12.1. The molecule has 6 nitrogen and oxygen atoms in total. The minimum atomic E-state index is -3.69. The number of piperidine rings is 1. The molecule has 2 aromatic carbocycles. The Morgan fingerprint density at radius 3 is 2.41 bits per heavy atom. The number of hydrogen-bond acceptors (Lipinski definition) is 4. The second kappa shape index (κ2) is 10.00. The first-order valence-electron chi connectivity index (χ1n) is 10.6. The third kappa shape index (κ3) is 4.95. The van der Waals surface area contributed by atoms with E-state index < -0.39 is 27.2 Å². The van der Waals surface area contributed by atoms with Gasteiger partial charge in [-0.2, -0.15) is 4.31 Å². The van der Waals surface area contributed by atoms with E-state index in [0.717, 1.165) is 0 Å². The van der Waals surface area contributed by atoms with Crippen LogP contribution in [-0.4, -0.2) is 43.2 Å². The van der Waals surface area contributed by atoms with Gasteiger partial charge in [-0.3, -0.25) is 9.78 Å². The Morgan fingerprint density at radius 1 is 1.06 bits per heavy atom. The summed E-state index contributed by atoms with van der Waals surface area (Å²) in [6.45, 7) is 0.383. The number of halogens is 3. The van der Waals surface area contributed by atoms with Gasteiger partial charge in [-0.05, 0) is 55.3 Å². The number of nitrogens with zero attached hydrogens (tertiary/aromatic N) is 2. The van der Waals surface area contributed by atoms with E-state index >= 15 is 0 Å². The molecule has 34 heavy (non-hydrogen) atoms. The van der Waals surface area contributed by atoms with Gasteiger partial charge >= 0.3 is 0 Å². The predicted molar refractivity (Wildman–Crippen MR) is 129 cm³/mol. The lowest BCUT2D eigenvalue weighted by atomic mass is 9.75. The van der Waals surface area contributed by atoms with Crippen LogP contribution in [0.2, 0.25) is 10.0 Å². The lowest BCUT2D eigenvalue weighted by Crippen LogP contribution is -2.51. The predicted octanol–water partition coefficient (Wildman–Crippen LogP) is 4.68. The van der Waals surface area contributed by atoms with E-state index in [4.69, 9.17) is 23.2 Å². The van der Waals surface area contributed by atoms with Crippen LogP contribution in [0.3, 0.4) is 0 Å². The molecule has 0 unspecified atom stereocenters. The van der Waals surface area contributed by atoms with Crippen molar-refractivity contribution in [3.8, 4) is 0 Å². The Hall–Kier alpha value is -2.52. The molecule has 0 radical (unpaired) electrons. The van der Waals surface area contributed by atoms with Crippen molar-refractivity contribution in [2.45, 2.75) is 23.2 Å². The van der Waals surface area contributed by atoms with Gasteiger partial charge in [0.25, 0.3) is 5.91 Å². The largest absolute Gasteiger partial charge is 0.351 e. The highest BCUT2D eigenvalue weighted by atomic mass is 35.5. The van der Waals surface area contributed by atoms with E-state index in [1.807, 2.05) is 0 Å². The molecule has 2 heterocycles. The van der Waals surface area contributed by atoms with Crippen LogP contribution in [0.1, 0.15) is 28.9 Å². The fraction of sp³-hybridized carbons (Fsp3) is 0.250. The summed E-state index contributed by atoms with van der Waals surface area (Å²) in [6.07, 6.45) is 2.05. The zero-order valence-electron chi connectivity index (χ0n) is 18.0. The third-order valence-corrected chi connectivity index (χ3v) is 8.55. The molecule has 0 spiro atoms. The van der Waals surface area contributed by atoms with Gasteiger partial charge in [-0.15, -0.1) is 0 Å². The van der Waals surface area contributed by atoms with Crippen LogP contribution in [-0.2, 0) is 15.4 Å². The molecule has 1 N–H and O–H groups in total. The third-order valence-electron chi connectivity index (χ3n) is 6.08. The molecule has 1 fully saturated rings. The molecule has 0 aliphatic carbocycles. The first-order valence-corrected chi connectivity index (χ1v) is 12.8. The number of carbonyl (C=O) groups is 1. The molecule has 1 aliphatic rings. The number of aromatic nitrogens is 1. The molecule has 0 saturated carbocycles. The van der Waals surface area contributed by atoms with Crippen LogP contribution in [0, 0.1) is 5.82 Å². The van der Waals surface area contributed by atoms with E-state index in [1.165, 1.54) is 34.8 Å². The normalized spacial score (nSPS) is 16.2. The van der Waals surface area contributed by atoms with Crippen LogP contribution in [0.15, 0.2) is 71.8 Å². The van der Waals surface area contributed by atoms with Crippen molar-refractivity contribution in [2.75, 3.05) is 19.6 Å². The van der Waals surface area contributed by atoms with Crippen molar-refractivity contribution in [3.05, 3.63) is 94.0 Å². The first-order chi connectivity index (χ1) is 16.2. The SMILES string of the molecule is O=C(NCC1(c2ncccc2F)CCN(S(=O)(=O)c2ccccc2)CC1)c1ccc(Cl)cc1Cl. The molecule has 3 aromatic rings. The molecular weight excluding hydrogens is 500 g/mol. The summed E-state index contributed by atoms with van der Waals surface area (Å²) in [5.41, 5.74) is -0.441. The van der Waals surface area contributed by atoms with Gasteiger partial charge in [0.15, 0.2) is 0 Å². The topological polar surface area (TPSA) is 79.4 Å². The van der Waals surface area contributed by atoms with Gasteiger partial charge in [0.2, 0.25) is 10.0 Å². The summed E-state index contributed by atoms with van der Waals surface area (Å²) in [7, 11) is -3.69. The number of benzene rings is 2. The van der Waals surface area contributed by atoms with E-state index in [-0.39, 0.29) is 53.7 Å². The summed E-state index contributed by atoms with van der Waals surface area (Å²) in [4.78, 5) is 17.3. The molecule has 1 aliphatic heterocycles. The first kappa shape index (κ1) is 24.6. The second-order valence-corrected chi connectivity index (χ2v) is 10.9. The van der Waals surface area contributed by atoms with Crippen LogP contribution in [0.25, 0.3) is 0 Å². The number of nitrogens with one attached hydrogen (secondary N) is 1. The summed E-state index contributed by atoms with van der Waals surface area (Å²) < 4.78 is 42.3. The zero-order valence-corrected chi connectivity index (χ0v) is 20.4. The Morgan fingerprint density at radius 2 is 1.76 bits per heavy atom. The molecule has 1 aromatic heterocycles. The summed E-state index contributed by atoms with van der Waals surface area (Å²) in [6, 6.07) is 15.5. The van der Waals surface area contributed by atoms with Gasteiger partial charge in [-0.25, -0.2) is 12.8 Å². The zero-order chi connectivity index (χ0) is 24.3. The Bertz CT molecular complexity index is 1300. The smallest absolute Gasteiger partial charge is 0.252 e. The second-order valence-electron chi connectivity index (χ2n) is 8.14. The molecular formula is C24H22Cl2FN3O3S.